The second-order valence-electron chi connectivity index (χ2n) is 7.59. The van der Waals surface area contributed by atoms with Gasteiger partial charge in [-0.15, -0.1) is 0 Å². The van der Waals surface area contributed by atoms with E-state index in [9.17, 15) is 10.1 Å². The zero-order chi connectivity index (χ0) is 26.0. The van der Waals surface area contributed by atoms with Gasteiger partial charge < -0.3 is 14.2 Å². The maximum absolute atomic E-state index is 11.2. The van der Waals surface area contributed by atoms with Crippen LogP contribution in [-0.4, -0.2) is 25.2 Å². The van der Waals surface area contributed by atoms with Crippen LogP contribution in [0.1, 0.15) is 16.7 Å². The van der Waals surface area contributed by atoms with Gasteiger partial charge in [-0.25, -0.2) is 0 Å². The van der Waals surface area contributed by atoms with Crippen LogP contribution in [0.2, 0.25) is 0 Å². The molecular weight excluding hydrogens is 468 g/mol. The number of fused-ring (bicyclic) bond motifs is 1. The van der Waals surface area contributed by atoms with Crippen molar-refractivity contribution in [1.29, 1.82) is 5.26 Å². The fourth-order valence-corrected chi connectivity index (χ4v) is 3.59. The van der Waals surface area contributed by atoms with E-state index < -0.39 is 4.92 Å². The number of hydrogen-bond donors (Lipinski definition) is 0. The molecule has 0 unspecified atom stereocenters. The number of methoxy groups -OCH3 is 1. The predicted molar refractivity (Wildman–Crippen MR) is 139 cm³/mol. The number of rotatable bonds is 6. The summed E-state index contributed by atoms with van der Waals surface area (Å²) in [5, 5.41) is 22.1. The van der Waals surface area contributed by atoms with Crippen molar-refractivity contribution >= 4 is 16.5 Å². The van der Waals surface area contributed by atoms with Crippen LogP contribution in [0.3, 0.4) is 0 Å². The van der Waals surface area contributed by atoms with Gasteiger partial charge in [0.05, 0.1) is 23.7 Å². The predicted octanol–water partition coefficient (Wildman–Crippen LogP) is 5.49. The maximum atomic E-state index is 11.2. The highest BCUT2D eigenvalue weighted by Gasteiger charge is 2.15. The van der Waals surface area contributed by atoms with Crippen LogP contribution in [0.5, 0.6) is 17.2 Å². The summed E-state index contributed by atoms with van der Waals surface area (Å²) in [4.78, 5) is 10.7. The van der Waals surface area contributed by atoms with Gasteiger partial charge in [-0.05, 0) is 36.4 Å². The molecule has 0 N–H and O–H groups in total. The molecule has 0 aliphatic heterocycles. The quantitative estimate of drug-likeness (QED) is 0.202. The number of hydrogen-bond acceptors (Lipinski definition) is 6. The number of nitro groups is 1. The van der Waals surface area contributed by atoms with Crippen LogP contribution >= 0.6 is 0 Å². The third kappa shape index (κ3) is 5.98. The van der Waals surface area contributed by atoms with E-state index in [4.69, 9.17) is 19.5 Å². The number of ether oxygens (including phenoxy) is 3. The first-order valence-electron chi connectivity index (χ1n) is 11.2. The Balaban J connectivity index is 1.43. The van der Waals surface area contributed by atoms with Crippen molar-refractivity contribution in [2.75, 3.05) is 20.3 Å². The number of nitriles is 1. The molecule has 7 nitrogen and oxygen atoms in total. The summed E-state index contributed by atoms with van der Waals surface area (Å²) in [7, 11) is 1.64. The Kier molecular flexibility index (Phi) is 7.87. The molecule has 0 heterocycles. The Labute approximate surface area is 214 Å². The number of benzene rings is 4. The molecule has 7 heteroatoms. The summed E-state index contributed by atoms with van der Waals surface area (Å²) >= 11 is 0. The highest BCUT2D eigenvalue weighted by molar-refractivity contribution is 5.93. The zero-order valence-corrected chi connectivity index (χ0v) is 19.9. The second-order valence-corrected chi connectivity index (χ2v) is 7.59. The summed E-state index contributed by atoms with van der Waals surface area (Å²) in [6.07, 6.45) is 0. The second kappa shape index (κ2) is 11.8. The minimum atomic E-state index is -0.592. The molecule has 0 aliphatic carbocycles. The van der Waals surface area contributed by atoms with Crippen molar-refractivity contribution in [1.82, 2.24) is 0 Å². The Morgan fingerprint density at radius 2 is 1.32 bits per heavy atom. The average Bonchev–Trinajstić information content (AvgIpc) is 2.94. The summed E-state index contributed by atoms with van der Waals surface area (Å²) in [6, 6.07) is 24.9. The third-order valence-electron chi connectivity index (χ3n) is 5.32. The molecular formula is C30H20N2O5. The van der Waals surface area contributed by atoms with E-state index in [-0.39, 0.29) is 30.2 Å². The van der Waals surface area contributed by atoms with E-state index in [1.165, 1.54) is 18.2 Å². The van der Waals surface area contributed by atoms with Crippen molar-refractivity contribution in [3.05, 3.63) is 106 Å². The highest BCUT2D eigenvalue weighted by Crippen LogP contribution is 2.32. The van der Waals surface area contributed by atoms with E-state index in [0.29, 0.717) is 11.3 Å². The van der Waals surface area contributed by atoms with Crippen molar-refractivity contribution in [2.45, 2.75) is 0 Å². The lowest BCUT2D eigenvalue weighted by Crippen LogP contribution is -1.99. The fourth-order valence-electron chi connectivity index (χ4n) is 3.59. The molecule has 0 saturated carbocycles. The van der Waals surface area contributed by atoms with Crippen LogP contribution in [0, 0.1) is 45.1 Å². The molecule has 0 atom stereocenters. The molecule has 0 radical (unpaired) electrons. The molecule has 0 bridgehead atoms. The molecule has 37 heavy (non-hydrogen) atoms. The summed E-state index contributed by atoms with van der Waals surface area (Å²) in [6.45, 7) is 0.117. The van der Waals surface area contributed by atoms with Crippen molar-refractivity contribution < 1.29 is 19.1 Å². The van der Waals surface area contributed by atoms with Crippen LogP contribution in [0.4, 0.5) is 5.69 Å². The summed E-state index contributed by atoms with van der Waals surface area (Å²) < 4.78 is 16.8. The normalized spacial score (nSPS) is 9.73. The Hall–Kier alpha value is -5.45. The molecule has 4 aromatic rings. The lowest BCUT2D eigenvalue weighted by Gasteiger charge is -2.10. The smallest absolute Gasteiger partial charge is 0.312 e. The molecule has 0 amide bonds. The van der Waals surface area contributed by atoms with Crippen LogP contribution in [-0.2, 0) is 0 Å². The molecule has 4 rings (SSSR count). The largest absolute Gasteiger partial charge is 0.496 e. The van der Waals surface area contributed by atoms with Gasteiger partial charge in [-0.2, -0.15) is 5.26 Å². The molecule has 0 fully saturated rings. The summed E-state index contributed by atoms with van der Waals surface area (Å²) in [5.41, 5.74) is 1.32. The lowest BCUT2D eigenvalue weighted by atomic mass is 10.1. The zero-order valence-electron chi connectivity index (χ0n) is 19.9. The van der Waals surface area contributed by atoms with Gasteiger partial charge in [0.25, 0.3) is 0 Å². The van der Waals surface area contributed by atoms with Gasteiger partial charge >= 0.3 is 5.69 Å². The van der Waals surface area contributed by atoms with E-state index in [2.05, 4.69) is 23.7 Å². The molecule has 0 aromatic heterocycles. The monoisotopic (exact) mass is 488 g/mol. The van der Waals surface area contributed by atoms with E-state index >= 15 is 0 Å². The first kappa shape index (κ1) is 24.7. The molecule has 4 aromatic carbocycles. The van der Waals surface area contributed by atoms with Crippen LogP contribution in [0.15, 0.2) is 78.9 Å². The van der Waals surface area contributed by atoms with Crippen LogP contribution < -0.4 is 14.2 Å². The molecule has 180 valence electrons. The first-order chi connectivity index (χ1) is 18.1. The minimum absolute atomic E-state index is 0.0505. The Morgan fingerprint density at radius 3 is 1.92 bits per heavy atom. The van der Waals surface area contributed by atoms with Crippen molar-refractivity contribution in [2.24, 2.45) is 0 Å². The summed E-state index contributed by atoms with van der Waals surface area (Å²) in [5.74, 6) is 13.5. The van der Waals surface area contributed by atoms with Gasteiger partial charge in [0.15, 0.2) is 5.75 Å². The molecule has 0 saturated heterocycles. The Bertz CT molecular complexity index is 1630. The minimum Gasteiger partial charge on any atom is -0.496 e. The number of nitro benzene ring substituents is 1. The van der Waals surface area contributed by atoms with E-state index in [1.807, 2.05) is 66.7 Å². The van der Waals surface area contributed by atoms with Crippen LogP contribution in [0.25, 0.3) is 10.8 Å². The standard InChI is InChI=1S/C30H20N2O5/c1-35-28-16-17-29(26-13-5-4-12-25(26)28)36-18-6-10-23-8-2-3-9-24(23)11-7-19-37-30-15-14-22(21-31)20-27(30)32(33)34/h2-5,8-9,12-17,20H,18-19H2,1H3. The average molecular weight is 488 g/mol. The van der Waals surface area contributed by atoms with Gasteiger partial charge in [0, 0.05) is 28.0 Å². The van der Waals surface area contributed by atoms with Gasteiger partial charge in [-0.1, -0.05) is 60.1 Å². The lowest BCUT2D eigenvalue weighted by molar-refractivity contribution is -0.385. The van der Waals surface area contributed by atoms with E-state index in [1.54, 1.807) is 7.11 Å². The number of nitrogens with zero attached hydrogens (tertiary/aromatic N) is 2. The highest BCUT2D eigenvalue weighted by atomic mass is 16.6. The van der Waals surface area contributed by atoms with Gasteiger partial charge in [0.2, 0.25) is 0 Å². The molecule has 0 aliphatic rings. The topological polar surface area (TPSA) is 94.6 Å². The molecule has 0 spiro atoms. The van der Waals surface area contributed by atoms with Crippen molar-refractivity contribution in [3.8, 4) is 47.0 Å². The van der Waals surface area contributed by atoms with Gasteiger partial charge in [0.1, 0.15) is 24.7 Å². The van der Waals surface area contributed by atoms with E-state index in [0.717, 1.165) is 22.1 Å². The Morgan fingerprint density at radius 1 is 0.784 bits per heavy atom. The first-order valence-corrected chi connectivity index (χ1v) is 11.2. The third-order valence-corrected chi connectivity index (χ3v) is 5.32. The van der Waals surface area contributed by atoms with Gasteiger partial charge in [-0.3, -0.25) is 10.1 Å². The van der Waals surface area contributed by atoms with Crippen molar-refractivity contribution in [3.63, 3.8) is 0 Å². The maximum Gasteiger partial charge on any atom is 0.312 e. The fraction of sp³-hybridized carbons (Fsp3) is 0.100. The SMILES string of the molecule is COc1ccc(OCC#Cc2ccccc2C#CCOc2ccc(C#N)cc2[N+](=O)[O-])c2ccccc12.